The lowest BCUT2D eigenvalue weighted by Gasteiger charge is -2.26. The largest absolute Gasteiger partial charge is 0.493 e. The fourth-order valence-electron chi connectivity index (χ4n) is 5.96. The number of aromatic nitrogens is 3. The zero-order chi connectivity index (χ0) is 31.9. The lowest BCUT2D eigenvalue weighted by atomic mass is 9.95. The van der Waals surface area contributed by atoms with Gasteiger partial charge in [0.2, 0.25) is 0 Å². The third kappa shape index (κ3) is 7.68. The second kappa shape index (κ2) is 14.8. The van der Waals surface area contributed by atoms with Gasteiger partial charge in [0, 0.05) is 68.3 Å². The number of benzene rings is 2. The minimum absolute atomic E-state index is 0.0386. The Morgan fingerprint density at radius 2 is 1.87 bits per heavy atom. The van der Waals surface area contributed by atoms with Crippen molar-refractivity contribution in [3.05, 3.63) is 60.2 Å². The standard InChI is InChI=1S/C34H41FN6O5/c1-40-22-26(34(42)38-23-7-4-3-5-8-23)33(39-40)37-24-9-10-30(27(35)19-24)46-29-11-12-36-28-21-32(31(43-2)20-25(28)29)45-16-6-13-41-14-17-44-18-15-41/h9-12,19-23H,3-8,13-18H2,1-2H3,(H,37,39)(H,38,42). The summed E-state index contributed by atoms with van der Waals surface area (Å²) in [4.78, 5) is 19.9. The lowest BCUT2D eigenvalue weighted by molar-refractivity contribution is 0.0357. The van der Waals surface area contributed by atoms with Gasteiger partial charge in [-0.2, -0.15) is 5.10 Å². The molecule has 46 heavy (non-hydrogen) atoms. The van der Waals surface area contributed by atoms with Gasteiger partial charge < -0.3 is 29.6 Å². The van der Waals surface area contributed by atoms with E-state index in [1.807, 2.05) is 6.07 Å². The number of carbonyl (C=O) groups is 1. The van der Waals surface area contributed by atoms with Crippen LogP contribution in [0.1, 0.15) is 48.9 Å². The maximum Gasteiger partial charge on any atom is 0.256 e. The number of halogens is 1. The van der Waals surface area contributed by atoms with Crippen molar-refractivity contribution in [1.82, 2.24) is 25.0 Å². The summed E-state index contributed by atoms with van der Waals surface area (Å²) in [5, 5.41) is 11.3. The minimum atomic E-state index is -0.578. The van der Waals surface area contributed by atoms with Gasteiger partial charge in [0.1, 0.15) is 11.3 Å². The van der Waals surface area contributed by atoms with E-state index < -0.39 is 5.82 Å². The molecular weight excluding hydrogens is 591 g/mol. The molecule has 1 aliphatic heterocycles. The van der Waals surface area contributed by atoms with Crippen LogP contribution in [-0.2, 0) is 11.8 Å². The number of hydrogen-bond acceptors (Lipinski definition) is 9. The number of hydrogen-bond donors (Lipinski definition) is 2. The summed E-state index contributed by atoms with van der Waals surface area (Å²) in [5.74, 6) is 1.18. The predicted molar refractivity (Wildman–Crippen MR) is 173 cm³/mol. The molecule has 0 unspecified atom stereocenters. The third-order valence-electron chi connectivity index (χ3n) is 8.40. The number of aryl methyl sites for hydroxylation is 1. The summed E-state index contributed by atoms with van der Waals surface area (Å²) in [6.07, 6.45) is 9.54. The summed E-state index contributed by atoms with van der Waals surface area (Å²) in [6, 6.07) is 10.00. The molecule has 3 heterocycles. The number of nitrogens with one attached hydrogen (secondary N) is 2. The third-order valence-corrected chi connectivity index (χ3v) is 8.40. The van der Waals surface area contributed by atoms with Crippen molar-refractivity contribution in [2.45, 2.75) is 44.6 Å². The van der Waals surface area contributed by atoms with Crippen LogP contribution in [0.3, 0.4) is 0 Å². The summed E-state index contributed by atoms with van der Waals surface area (Å²) < 4.78 is 40.1. The Balaban J connectivity index is 1.13. The molecule has 1 amide bonds. The van der Waals surface area contributed by atoms with E-state index in [0.29, 0.717) is 51.8 Å². The number of amides is 1. The number of ether oxygens (including phenoxy) is 4. The second-order valence-electron chi connectivity index (χ2n) is 11.7. The van der Waals surface area contributed by atoms with Crippen LogP contribution in [0.2, 0.25) is 0 Å². The van der Waals surface area contributed by atoms with Crippen LogP contribution in [-0.4, -0.2) is 78.2 Å². The van der Waals surface area contributed by atoms with Crippen molar-refractivity contribution < 1.29 is 28.1 Å². The molecule has 12 heteroatoms. The van der Waals surface area contributed by atoms with E-state index in [2.05, 4.69) is 25.6 Å². The van der Waals surface area contributed by atoms with Gasteiger partial charge in [-0.15, -0.1) is 0 Å². The molecule has 11 nitrogen and oxygen atoms in total. The van der Waals surface area contributed by atoms with Gasteiger partial charge in [0.15, 0.2) is 28.9 Å². The molecule has 0 radical (unpaired) electrons. The quantitative estimate of drug-likeness (QED) is 0.187. The van der Waals surface area contributed by atoms with E-state index in [4.69, 9.17) is 18.9 Å². The molecule has 2 aromatic heterocycles. The number of anilines is 2. The molecule has 2 aliphatic rings. The molecule has 2 aromatic carbocycles. The molecule has 2 fully saturated rings. The first kappa shape index (κ1) is 31.6. The van der Waals surface area contributed by atoms with Crippen molar-refractivity contribution in [2.24, 2.45) is 7.05 Å². The van der Waals surface area contributed by atoms with Gasteiger partial charge in [-0.3, -0.25) is 19.4 Å². The van der Waals surface area contributed by atoms with Gasteiger partial charge in [-0.1, -0.05) is 19.3 Å². The highest BCUT2D eigenvalue weighted by molar-refractivity contribution is 5.99. The summed E-state index contributed by atoms with van der Waals surface area (Å²) in [5.41, 5.74) is 1.48. The molecule has 1 saturated heterocycles. The van der Waals surface area contributed by atoms with Crippen molar-refractivity contribution >= 4 is 28.3 Å². The van der Waals surface area contributed by atoms with E-state index in [1.165, 1.54) is 18.6 Å². The van der Waals surface area contributed by atoms with E-state index in [9.17, 15) is 4.79 Å². The smallest absolute Gasteiger partial charge is 0.256 e. The number of fused-ring (bicyclic) bond motifs is 1. The van der Waals surface area contributed by atoms with Gasteiger partial charge in [-0.05, 0) is 43.5 Å². The first-order chi connectivity index (χ1) is 22.5. The van der Waals surface area contributed by atoms with E-state index in [0.717, 1.165) is 65.0 Å². The molecular formula is C34H41FN6O5. The Morgan fingerprint density at radius 3 is 2.65 bits per heavy atom. The zero-order valence-corrected chi connectivity index (χ0v) is 26.4. The van der Waals surface area contributed by atoms with Crippen molar-refractivity contribution in [3.8, 4) is 23.0 Å². The molecule has 0 bridgehead atoms. The number of rotatable bonds is 12. The predicted octanol–water partition coefficient (Wildman–Crippen LogP) is 5.82. The number of morpholine rings is 1. The highest BCUT2D eigenvalue weighted by Crippen LogP contribution is 2.38. The Kier molecular flexibility index (Phi) is 10.1. The van der Waals surface area contributed by atoms with Crippen molar-refractivity contribution in [3.63, 3.8) is 0 Å². The van der Waals surface area contributed by atoms with Gasteiger partial charge >= 0.3 is 0 Å². The Bertz CT molecular complexity index is 1650. The Hall–Kier alpha value is -4.42. The maximum atomic E-state index is 15.4. The summed E-state index contributed by atoms with van der Waals surface area (Å²) >= 11 is 0. The monoisotopic (exact) mass is 632 g/mol. The first-order valence-electron chi connectivity index (χ1n) is 16.0. The van der Waals surface area contributed by atoms with E-state index in [-0.39, 0.29) is 17.7 Å². The molecule has 2 N–H and O–H groups in total. The molecule has 244 valence electrons. The van der Waals surface area contributed by atoms with Crippen LogP contribution in [0.5, 0.6) is 23.0 Å². The van der Waals surface area contributed by atoms with Crippen molar-refractivity contribution in [1.29, 1.82) is 0 Å². The number of carbonyl (C=O) groups excluding carboxylic acids is 1. The second-order valence-corrected chi connectivity index (χ2v) is 11.7. The topological polar surface area (TPSA) is 112 Å². The SMILES string of the molecule is COc1cc2c(Oc3ccc(Nc4nn(C)cc4C(=O)NC4CCCCC4)cc3F)ccnc2cc1OCCCN1CCOCC1. The van der Waals surface area contributed by atoms with Gasteiger partial charge in [-0.25, -0.2) is 4.39 Å². The minimum Gasteiger partial charge on any atom is -0.493 e. The molecule has 0 spiro atoms. The van der Waals surface area contributed by atoms with Gasteiger partial charge in [0.05, 0.1) is 32.4 Å². The van der Waals surface area contributed by atoms with Crippen LogP contribution < -0.4 is 24.8 Å². The fraction of sp³-hybridized carbons (Fsp3) is 0.441. The molecule has 1 saturated carbocycles. The Morgan fingerprint density at radius 1 is 1.04 bits per heavy atom. The lowest BCUT2D eigenvalue weighted by Crippen LogP contribution is -2.37. The molecule has 6 rings (SSSR count). The number of methoxy groups -OCH3 is 1. The fourth-order valence-corrected chi connectivity index (χ4v) is 5.96. The van der Waals surface area contributed by atoms with Crippen LogP contribution in [0.15, 0.2) is 48.8 Å². The van der Waals surface area contributed by atoms with Crippen molar-refractivity contribution in [2.75, 3.05) is 51.9 Å². The highest BCUT2D eigenvalue weighted by atomic mass is 19.1. The van der Waals surface area contributed by atoms with E-state index in [1.54, 1.807) is 49.4 Å². The maximum absolute atomic E-state index is 15.4. The zero-order valence-electron chi connectivity index (χ0n) is 26.4. The van der Waals surface area contributed by atoms with Crippen LogP contribution in [0.4, 0.5) is 15.9 Å². The normalized spacial score (nSPS) is 15.9. The van der Waals surface area contributed by atoms with Crippen LogP contribution >= 0.6 is 0 Å². The number of pyridine rings is 1. The Labute approximate surface area is 268 Å². The highest BCUT2D eigenvalue weighted by Gasteiger charge is 2.22. The van der Waals surface area contributed by atoms with Crippen LogP contribution in [0.25, 0.3) is 10.9 Å². The van der Waals surface area contributed by atoms with E-state index >= 15 is 4.39 Å². The molecule has 1 aliphatic carbocycles. The average molecular weight is 633 g/mol. The number of nitrogens with zero attached hydrogens (tertiary/aromatic N) is 4. The van der Waals surface area contributed by atoms with Gasteiger partial charge in [0.25, 0.3) is 5.91 Å². The summed E-state index contributed by atoms with van der Waals surface area (Å²) in [7, 11) is 3.33. The summed E-state index contributed by atoms with van der Waals surface area (Å²) in [6.45, 7) is 4.89. The first-order valence-corrected chi connectivity index (χ1v) is 16.0. The average Bonchev–Trinajstić information content (AvgIpc) is 3.44. The molecule has 4 aromatic rings. The molecule has 0 atom stereocenters. The van der Waals surface area contributed by atoms with Crippen LogP contribution in [0, 0.1) is 5.82 Å².